The zero-order chi connectivity index (χ0) is 14.2. The van der Waals surface area contributed by atoms with Crippen LogP contribution in [0.3, 0.4) is 0 Å². The van der Waals surface area contributed by atoms with Crippen LogP contribution in [0.2, 0.25) is 0 Å². The van der Waals surface area contributed by atoms with Gasteiger partial charge in [0.15, 0.2) is 5.82 Å². The molecule has 0 bridgehead atoms. The molecule has 0 aliphatic heterocycles. The molecule has 1 aromatic heterocycles. The Balaban J connectivity index is 1.92. The predicted molar refractivity (Wildman–Crippen MR) is 73.7 cm³/mol. The van der Waals surface area contributed by atoms with Gasteiger partial charge in [-0.3, -0.25) is 0 Å². The second-order valence-electron chi connectivity index (χ2n) is 4.26. The summed E-state index contributed by atoms with van der Waals surface area (Å²) in [6.07, 6.45) is 0.589. The van der Waals surface area contributed by atoms with Crippen molar-refractivity contribution in [2.75, 3.05) is 27.4 Å². The summed E-state index contributed by atoms with van der Waals surface area (Å²) < 4.78 is 15.4. The van der Waals surface area contributed by atoms with Crippen molar-refractivity contribution >= 4 is 0 Å². The maximum absolute atomic E-state index is 5.30. The van der Waals surface area contributed by atoms with Crippen molar-refractivity contribution < 1.29 is 14.0 Å². The molecular formula is C14H19N3O3. The fourth-order valence-electron chi connectivity index (χ4n) is 1.82. The lowest BCUT2D eigenvalue weighted by atomic mass is 10.1. The highest BCUT2D eigenvalue weighted by Gasteiger charge is 2.09. The number of rotatable bonds is 8. The van der Waals surface area contributed by atoms with E-state index in [4.69, 9.17) is 14.0 Å². The van der Waals surface area contributed by atoms with Crippen molar-refractivity contribution in [3.63, 3.8) is 0 Å². The van der Waals surface area contributed by atoms with Crippen LogP contribution in [-0.2, 0) is 17.7 Å². The van der Waals surface area contributed by atoms with E-state index in [1.807, 2.05) is 24.3 Å². The van der Waals surface area contributed by atoms with E-state index in [0.717, 1.165) is 17.9 Å². The molecule has 1 heterocycles. The molecule has 0 aliphatic carbocycles. The van der Waals surface area contributed by atoms with Gasteiger partial charge in [0.25, 0.3) is 0 Å². The minimum Gasteiger partial charge on any atom is -0.496 e. The molecule has 2 rings (SSSR count). The number of ether oxygens (including phenoxy) is 2. The summed E-state index contributed by atoms with van der Waals surface area (Å²) in [5.41, 5.74) is 1.04. The molecule has 1 N–H and O–H groups in total. The van der Waals surface area contributed by atoms with Crippen LogP contribution in [0.15, 0.2) is 28.8 Å². The smallest absolute Gasteiger partial charge is 0.240 e. The minimum absolute atomic E-state index is 0.544. The Morgan fingerprint density at radius 1 is 1.25 bits per heavy atom. The van der Waals surface area contributed by atoms with E-state index in [9.17, 15) is 0 Å². The lowest BCUT2D eigenvalue weighted by molar-refractivity contribution is 0.197. The van der Waals surface area contributed by atoms with Gasteiger partial charge >= 0.3 is 0 Å². The summed E-state index contributed by atoms with van der Waals surface area (Å²) in [5, 5.41) is 7.13. The monoisotopic (exact) mass is 277 g/mol. The van der Waals surface area contributed by atoms with E-state index in [2.05, 4.69) is 15.5 Å². The molecule has 1 aromatic carbocycles. The van der Waals surface area contributed by atoms with E-state index >= 15 is 0 Å². The third-order valence-electron chi connectivity index (χ3n) is 2.81. The van der Waals surface area contributed by atoms with Gasteiger partial charge in [-0.15, -0.1) is 0 Å². The Morgan fingerprint density at radius 2 is 2.10 bits per heavy atom. The molecule has 6 nitrogen and oxygen atoms in total. The number of methoxy groups -OCH3 is 2. The Labute approximate surface area is 118 Å². The SMILES string of the molecule is COCCNCc1nc(Cc2ccccc2OC)no1. The van der Waals surface area contributed by atoms with Gasteiger partial charge in [-0.05, 0) is 6.07 Å². The van der Waals surface area contributed by atoms with Gasteiger partial charge in [0.2, 0.25) is 5.89 Å². The zero-order valence-corrected chi connectivity index (χ0v) is 11.8. The third-order valence-corrected chi connectivity index (χ3v) is 2.81. The topological polar surface area (TPSA) is 69.4 Å². The lowest BCUT2D eigenvalue weighted by Crippen LogP contribution is -2.18. The lowest BCUT2D eigenvalue weighted by Gasteiger charge is -2.05. The third kappa shape index (κ3) is 4.04. The fraction of sp³-hybridized carbons (Fsp3) is 0.429. The standard InChI is InChI=1S/C14H19N3O3/c1-18-8-7-15-10-14-16-13(17-20-14)9-11-5-3-4-6-12(11)19-2/h3-6,15H,7-10H2,1-2H3. The van der Waals surface area contributed by atoms with Crippen LogP contribution in [0.5, 0.6) is 5.75 Å². The van der Waals surface area contributed by atoms with Crippen LogP contribution in [0.4, 0.5) is 0 Å². The summed E-state index contributed by atoms with van der Waals surface area (Å²) in [7, 11) is 3.32. The molecule has 0 spiro atoms. The number of hydrogen-bond acceptors (Lipinski definition) is 6. The summed E-state index contributed by atoms with van der Waals surface area (Å²) in [6.45, 7) is 1.95. The Kier molecular flexibility index (Phi) is 5.52. The van der Waals surface area contributed by atoms with Crippen molar-refractivity contribution in [3.8, 4) is 5.75 Å². The second kappa shape index (κ2) is 7.62. The first-order chi connectivity index (χ1) is 9.83. The molecule has 0 aliphatic rings. The molecule has 108 valence electrons. The van der Waals surface area contributed by atoms with Crippen LogP contribution in [0.25, 0.3) is 0 Å². The highest BCUT2D eigenvalue weighted by molar-refractivity contribution is 5.35. The molecule has 0 unspecified atom stereocenters. The van der Waals surface area contributed by atoms with Gasteiger partial charge in [-0.2, -0.15) is 4.98 Å². The largest absolute Gasteiger partial charge is 0.496 e. The van der Waals surface area contributed by atoms with Gasteiger partial charge in [-0.1, -0.05) is 23.4 Å². The molecule has 6 heteroatoms. The number of nitrogens with one attached hydrogen (secondary N) is 1. The number of nitrogens with zero attached hydrogens (tertiary/aromatic N) is 2. The zero-order valence-electron chi connectivity index (χ0n) is 11.8. The Morgan fingerprint density at radius 3 is 2.90 bits per heavy atom. The average Bonchev–Trinajstić information content (AvgIpc) is 2.92. The second-order valence-corrected chi connectivity index (χ2v) is 4.26. The number of para-hydroxylation sites is 1. The first-order valence-electron chi connectivity index (χ1n) is 6.46. The Hall–Kier alpha value is -1.92. The maximum atomic E-state index is 5.30. The molecule has 20 heavy (non-hydrogen) atoms. The summed E-state index contributed by atoms with van der Waals surface area (Å²) in [5.74, 6) is 2.06. The van der Waals surface area contributed by atoms with Crippen LogP contribution < -0.4 is 10.1 Å². The molecule has 0 atom stereocenters. The molecule has 2 aromatic rings. The van der Waals surface area contributed by atoms with E-state index in [0.29, 0.717) is 31.3 Å². The van der Waals surface area contributed by atoms with Crippen molar-refractivity contribution in [3.05, 3.63) is 41.5 Å². The molecule has 0 amide bonds. The van der Waals surface area contributed by atoms with Gasteiger partial charge in [0.05, 0.1) is 20.3 Å². The van der Waals surface area contributed by atoms with Crippen molar-refractivity contribution in [1.82, 2.24) is 15.5 Å². The first kappa shape index (κ1) is 14.5. The van der Waals surface area contributed by atoms with Crippen LogP contribution >= 0.6 is 0 Å². The summed E-state index contributed by atoms with van der Waals surface area (Å²) in [4.78, 5) is 4.34. The van der Waals surface area contributed by atoms with Gasteiger partial charge < -0.3 is 19.3 Å². The highest BCUT2D eigenvalue weighted by Crippen LogP contribution is 2.19. The molecule has 0 fully saturated rings. The van der Waals surface area contributed by atoms with Crippen LogP contribution in [0.1, 0.15) is 17.3 Å². The van der Waals surface area contributed by atoms with Crippen molar-refractivity contribution in [1.29, 1.82) is 0 Å². The van der Waals surface area contributed by atoms with E-state index in [-0.39, 0.29) is 0 Å². The molecule has 0 saturated carbocycles. The van der Waals surface area contributed by atoms with E-state index in [1.54, 1.807) is 14.2 Å². The number of benzene rings is 1. The quantitative estimate of drug-likeness (QED) is 0.736. The molecule has 0 radical (unpaired) electrons. The van der Waals surface area contributed by atoms with E-state index in [1.165, 1.54) is 0 Å². The maximum Gasteiger partial charge on any atom is 0.240 e. The van der Waals surface area contributed by atoms with Gasteiger partial charge in [0.1, 0.15) is 5.75 Å². The average molecular weight is 277 g/mol. The minimum atomic E-state index is 0.544. The van der Waals surface area contributed by atoms with Crippen LogP contribution in [0, 0.1) is 0 Å². The first-order valence-corrected chi connectivity index (χ1v) is 6.46. The summed E-state index contributed by atoms with van der Waals surface area (Å²) in [6, 6.07) is 7.81. The van der Waals surface area contributed by atoms with Crippen molar-refractivity contribution in [2.24, 2.45) is 0 Å². The van der Waals surface area contributed by atoms with E-state index < -0.39 is 0 Å². The summed E-state index contributed by atoms with van der Waals surface area (Å²) >= 11 is 0. The highest BCUT2D eigenvalue weighted by atomic mass is 16.5. The normalized spacial score (nSPS) is 10.7. The van der Waals surface area contributed by atoms with Crippen molar-refractivity contribution in [2.45, 2.75) is 13.0 Å². The van der Waals surface area contributed by atoms with Gasteiger partial charge in [-0.25, -0.2) is 0 Å². The van der Waals surface area contributed by atoms with Gasteiger partial charge in [0, 0.05) is 25.6 Å². The molecule has 0 saturated heterocycles. The van der Waals surface area contributed by atoms with Crippen LogP contribution in [-0.4, -0.2) is 37.5 Å². The molecular weight excluding hydrogens is 258 g/mol. The number of aromatic nitrogens is 2. The predicted octanol–water partition coefficient (Wildman–Crippen LogP) is 1.40. The number of hydrogen-bond donors (Lipinski definition) is 1. The fourth-order valence-corrected chi connectivity index (χ4v) is 1.82. The Bertz CT molecular complexity index is 528.